The molecule has 18 nitrogen and oxygen atoms in total. The maximum Gasteiger partial charge on any atom is 0.326 e. The summed E-state index contributed by atoms with van der Waals surface area (Å²) in [6, 6.07) is 1.69. The van der Waals surface area contributed by atoms with Gasteiger partial charge in [0, 0.05) is 6.20 Å². The third-order valence-corrected chi connectivity index (χ3v) is 11.2. The van der Waals surface area contributed by atoms with Crippen LogP contribution >= 0.6 is 13.4 Å². The van der Waals surface area contributed by atoms with Gasteiger partial charge in [0.15, 0.2) is 17.3 Å². The Hall–Kier alpha value is -2.78. The number of nitrogens with zero attached hydrogens (tertiary/aromatic N) is 6. The lowest BCUT2D eigenvalue weighted by molar-refractivity contribution is -0.0707. The van der Waals surface area contributed by atoms with E-state index in [2.05, 4.69) is 31.5 Å². The molecule has 7 heterocycles. The highest BCUT2D eigenvalue weighted by molar-refractivity contribution is 8.07. The molecule has 3 fully saturated rings. The van der Waals surface area contributed by atoms with Crippen molar-refractivity contribution in [1.82, 2.24) is 34.1 Å². The van der Waals surface area contributed by atoms with E-state index in [9.17, 15) is 14.6 Å². The average molecular weight is 718 g/mol. The van der Waals surface area contributed by atoms with E-state index in [1.807, 2.05) is 0 Å². The number of nitrogens with one attached hydrogen (secondary N) is 1. The standard InChI is InChI=1S/C23H26FN9O9P2S2/c1-2-22(32-4-3-11-17(25)27-9-28-18(11)32)7-37-13-6-40-44(36,46)42-23(33-10-29-14-19(33)30-21(26)31-20(14)34)8-38-12(15(23)24)5-39-43(35,45)41-16(13)22/h2-4,9-10,12-13,15-16H,1,5-8H2,(H,35,45)(H,36,46)(H2,25,27,28)(H3,26,30,31,34)/t12-,13-,15-,16-,22-,23+,43?,44?/m1/s1. The SMILES string of the molecule is C=C[C@@]1(n2ccc3c(N)ncnc32)CO[C@@H]2COP(O)(=S)O[C@@]3(n4cnc5c(=O)[nH]c(N)nc54)CO[C@H](COP(O)(=S)O[C@H]21)[C@H]3F. The third kappa shape index (κ3) is 5.02. The van der Waals surface area contributed by atoms with Crippen molar-refractivity contribution in [3.8, 4) is 0 Å². The van der Waals surface area contributed by atoms with Crippen LogP contribution in [0.15, 0.2) is 42.4 Å². The largest absolute Gasteiger partial charge is 0.383 e. The highest BCUT2D eigenvalue weighted by atomic mass is 32.5. The van der Waals surface area contributed by atoms with Gasteiger partial charge in [0.05, 0.1) is 38.1 Å². The maximum absolute atomic E-state index is 16.5. The number of hydrogen-bond acceptors (Lipinski definition) is 15. The lowest BCUT2D eigenvalue weighted by Gasteiger charge is -2.36. The summed E-state index contributed by atoms with van der Waals surface area (Å²) in [5.74, 6) is -0.0590. The van der Waals surface area contributed by atoms with Gasteiger partial charge in [-0.1, -0.05) is 6.08 Å². The smallest absolute Gasteiger partial charge is 0.326 e. The molecule has 8 atom stereocenters. The molecular weight excluding hydrogens is 691 g/mol. The van der Waals surface area contributed by atoms with Crippen LogP contribution in [0.25, 0.3) is 22.2 Å². The van der Waals surface area contributed by atoms with Gasteiger partial charge in [-0.15, -0.1) is 6.58 Å². The molecule has 7 rings (SSSR count). The van der Waals surface area contributed by atoms with Gasteiger partial charge in [-0.25, -0.2) is 19.3 Å². The van der Waals surface area contributed by atoms with Crippen molar-refractivity contribution < 1.29 is 41.7 Å². The summed E-state index contributed by atoms with van der Waals surface area (Å²) < 4.78 is 54.3. The molecule has 3 saturated heterocycles. The number of aromatic amines is 1. The van der Waals surface area contributed by atoms with Crippen LogP contribution in [0.2, 0.25) is 0 Å². The summed E-state index contributed by atoms with van der Waals surface area (Å²) in [5.41, 5.74) is 7.58. The van der Waals surface area contributed by atoms with Crippen LogP contribution in [0, 0.1) is 0 Å². The average Bonchev–Trinajstić information content (AvgIpc) is 3.76. The van der Waals surface area contributed by atoms with Crippen molar-refractivity contribution in [2.45, 2.75) is 35.7 Å². The zero-order valence-corrected chi connectivity index (χ0v) is 26.8. The number of alkyl halides is 1. The van der Waals surface area contributed by atoms with Crippen molar-refractivity contribution in [1.29, 1.82) is 0 Å². The van der Waals surface area contributed by atoms with Crippen LogP contribution in [0.1, 0.15) is 0 Å². The van der Waals surface area contributed by atoms with Gasteiger partial charge in [0.1, 0.15) is 41.6 Å². The minimum absolute atomic E-state index is 0.0851. The number of rotatable bonds is 3. The topological polar surface area (TPSA) is 242 Å². The monoisotopic (exact) mass is 717 g/mol. The van der Waals surface area contributed by atoms with E-state index in [-0.39, 0.29) is 29.5 Å². The molecule has 4 aromatic heterocycles. The second-order valence-electron chi connectivity index (χ2n) is 10.7. The molecule has 3 aliphatic rings. The van der Waals surface area contributed by atoms with Gasteiger partial charge in [-0.05, 0) is 29.7 Å². The summed E-state index contributed by atoms with van der Waals surface area (Å²) in [4.78, 5) is 53.9. The Bertz CT molecular complexity index is 2030. The van der Waals surface area contributed by atoms with Crippen molar-refractivity contribution in [3.05, 3.63) is 47.9 Å². The van der Waals surface area contributed by atoms with E-state index >= 15 is 4.39 Å². The summed E-state index contributed by atoms with van der Waals surface area (Å²) in [7, 11) is 0. The predicted molar refractivity (Wildman–Crippen MR) is 166 cm³/mol. The van der Waals surface area contributed by atoms with Gasteiger partial charge in [-0.3, -0.25) is 23.4 Å². The van der Waals surface area contributed by atoms with Gasteiger partial charge in [-0.2, -0.15) is 4.98 Å². The fourth-order valence-electron chi connectivity index (χ4n) is 5.89. The van der Waals surface area contributed by atoms with Crippen LogP contribution in [-0.4, -0.2) is 94.8 Å². The molecule has 2 unspecified atom stereocenters. The van der Waals surface area contributed by atoms with Crippen molar-refractivity contribution >= 4 is 71.0 Å². The van der Waals surface area contributed by atoms with Gasteiger partial charge >= 0.3 is 13.4 Å². The molecule has 4 aromatic rings. The first kappa shape index (κ1) is 31.8. The van der Waals surface area contributed by atoms with Crippen molar-refractivity contribution in [2.75, 3.05) is 37.9 Å². The van der Waals surface area contributed by atoms with E-state index in [1.165, 1.54) is 12.4 Å². The second-order valence-corrected chi connectivity index (χ2v) is 16.3. The number of halogens is 1. The number of nitrogens with two attached hydrogens (primary N) is 2. The zero-order chi connectivity index (χ0) is 32.6. The van der Waals surface area contributed by atoms with Gasteiger partial charge < -0.3 is 44.3 Å². The minimum Gasteiger partial charge on any atom is -0.383 e. The molecular formula is C23H26FN9O9P2S2. The van der Waals surface area contributed by atoms with Crippen LogP contribution in [-0.2, 0) is 62.4 Å². The lowest BCUT2D eigenvalue weighted by atomic mass is 9.92. The van der Waals surface area contributed by atoms with E-state index in [4.69, 9.17) is 62.6 Å². The Morgan fingerprint density at radius 3 is 2.61 bits per heavy atom. The normalized spacial score (nSPS) is 37.0. The number of hydrogen-bond donors (Lipinski definition) is 5. The molecule has 0 aliphatic carbocycles. The number of fused-ring (bicyclic) bond motifs is 5. The van der Waals surface area contributed by atoms with Crippen LogP contribution in [0.3, 0.4) is 0 Å². The minimum atomic E-state index is -4.39. The zero-order valence-electron chi connectivity index (χ0n) is 23.4. The van der Waals surface area contributed by atoms with Crippen molar-refractivity contribution in [2.24, 2.45) is 0 Å². The van der Waals surface area contributed by atoms with E-state index in [0.717, 1.165) is 10.9 Å². The lowest BCUT2D eigenvalue weighted by Crippen LogP contribution is -2.47. The van der Waals surface area contributed by atoms with E-state index < -0.39 is 74.6 Å². The Morgan fingerprint density at radius 1 is 1.09 bits per heavy atom. The Balaban J connectivity index is 1.30. The number of nitrogen functional groups attached to an aromatic ring is 2. The highest BCUT2D eigenvalue weighted by Crippen LogP contribution is 2.57. The quantitative estimate of drug-likeness (QED) is 0.141. The number of ether oxygens (including phenoxy) is 2. The predicted octanol–water partition coefficient (Wildman–Crippen LogP) is 0.281. The highest BCUT2D eigenvalue weighted by Gasteiger charge is 2.59. The van der Waals surface area contributed by atoms with Gasteiger partial charge in [0.25, 0.3) is 5.56 Å². The maximum atomic E-state index is 16.5. The summed E-state index contributed by atoms with van der Waals surface area (Å²) in [5, 5.41) is 0.532. The Kier molecular flexibility index (Phi) is 7.71. The molecule has 3 aliphatic heterocycles. The molecule has 0 aromatic carbocycles. The van der Waals surface area contributed by atoms with Crippen molar-refractivity contribution in [3.63, 3.8) is 0 Å². The molecule has 246 valence electrons. The molecule has 46 heavy (non-hydrogen) atoms. The summed E-state index contributed by atoms with van der Waals surface area (Å²) >= 11 is 10.7. The number of anilines is 2. The van der Waals surface area contributed by atoms with Crippen LogP contribution < -0.4 is 17.0 Å². The van der Waals surface area contributed by atoms with E-state index in [1.54, 1.807) is 16.8 Å². The molecule has 7 N–H and O–H groups in total. The number of H-pyrrole nitrogens is 1. The Morgan fingerprint density at radius 2 is 1.83 bits per heavy atom. The second kappa shape index (κ2) is 11.1. The van der Waals surface area contributed by atoms with Crippen LogP contribution in [0.5, 0.6) is 0 Å². The third-order valence-electron chi connectivity index (χ3n) is 8.09. The molecule has 0 saturated carbocycles. The summed E-state index contributed by atoms with van der Waals surface area (Å²) in [6.07, 6.45) is -0.298. The van der Waals surface area contributed by atoms with E-state index in [0.29, 0.717) is 11.0 Å². The molecule has 0 amide bonds. The van der Waals surface area contributed by atoms with Gasteiger partial charge in [0.2, 0.25) is 11.7 Å². The van der Waals surface area contributed by atoms with Crippen LogP contribution in [0.4, 0.5) is 16.2 Å². The first-order valence-corrected chi connectivity index (χ1v) is 18.6. The Labute approximate surface area is 267 Å². The molecule has 0 spiro atoms. The first-order valence-electron chi connectivity index (χ1n) is 13.5. The first-order chi connectivity index (χ1) is 21.8. The fourth-order valence-corrected chi connectivity index (χ4v) is 8.95. The summed E-state index contributed by atoms with van der Waals surface area (Å²) in [6.45, 7) is -6.36. The number of imidazole rings is 1. The molecule has 0 radical (unpaired) electrons. The number of aromatic nitrogens is 7. The fraction of sp³-hybridized carbons (Fsp3) is 0.435. The molecule has 23 heteroatoms. The molecule has 2 bridgehead atoms.